The summed E-state index contributed by atoms with van der Waals surface area (Å²) in [6.07, 6.45) is 2.83. The van der Waals surface area contributed by atoms with E-state index in [1.54, 1.807) is 0 Å². The summed E-state index contributed by atoms with van der Waals surface area (Å²) in [4.78, 5) is 9.47. The van der Waals surface area contributed by atoms with Crippen LogP contribution in [0.5, 0.6) is 0 Å². The first-order valence-corrected chi connectivity index (χ1v) is 5.41. The van der Waals surface area contributed by atoms with Crippen molar-refractivity contribution < 1.29 is 17.4 Å². The normalized spacial score (nSPS) is 9.69. The summed E-state index contributed by atoms with van der Waals surface area (Å²) in [6.45, 7) is 5.23. The lowest BCUT2D eigenvalue weighted by atomic mass is 10.5. The standard InChI is InChI=1S/C4H10O3S.C3H5NO/c1-3-4-7-8(2,5)6;1-2-3(4)5/h3-4H2,1-2H3;2H,1H2,(H2,4,5). The van der Waals surface area contributed by atoms with Crippen LogP contribution in [-0.4, -0.2) is 27.2 Å². The molecule has 0 aromatic rings. The fourth-order valence-corrected chi connectivity index (χ4v) is 0.704. The van der Waals surface area contributed by atoms with E-state index in [9.17, 15) is 13.2 Å². The molecule has 0 aliphatic rings. The molecule has 0 saturated carbocycles. The lowest BCUT2D eigenvalue weighted by Gasteiger charge is -1.94. The molecule has 0 spiro atoms. The molecule has 0 heterocycles. The monoisotopic (exact) mass is 209 g/mol. The summed E-state index contributed by atoms with van der Waals surface area (Å²) < 4.78 is 24.7. The van der Waals surface area contributed by atoms with Gasteiger partial charge in [0.15, 0.2) is 0 Å². The van der Waals surface area contributed by atoms with Crippen LogP contribution in [0.15, 0.2) is 12.7 Å². The zero-order chi connectivity index (χ0) is 10.9. The van der Waals surface area contributed by atoms with E-state index in [1.807, 2.05) is 6.92 Å². The molecular weight excluding hydrogens is 194 g/mol. The highest BCUT2D eigenvalue weighted by Gasteiger charge is 1.96. The average molecular weight is 209 g/mol. The van der Waals surface area contributed by atoms with Crippen molar-refractivity contribution in [2.45, 2.75) is 13.3 Å². The minimum atomic E-state index is -3.19. The van der Waals surface area contributed by atoms with E-state index in [0.717, 1.165) is 18.8 Å². The minimum Gasteiger partial charge on any atom is -0.366 e. The second-order valence-corrected chi connectivity index (χ2v) is 3.78. The second-order valence-electron chi connectivity index (χ2n) is 2.13. The van der Waals surface area contributed by atoms with Crippen LogP contribution in [0.25, 0.3) is 0 Å². The van der Waals surface area contributed by atoms with Crippen molar-refractivity contribution >= 4 is 16.0 Å². The second kappa shape index (κ2) is 7.75. The molecule has 0 aliphatic carbocycles. The third kappa shape index (κ3) is 24.7. The van der Waals surface area contributed by atoms with Crippen molar-refractivity contribution in [2.75, 3.05) is 12.9 Å². The summed E-state index contributed by atoms with van der Waals surface area (Å²) in [5, 5.41) is 0. The molecule has 2 N–H and O–H groups in total. The van der Waals surface area contributed by atoms with Gasteiger partial charge in [0, 0.05) is 0 Å². The van der Waals surface area contributed by atoms with Gasteiger partial charge >= 0.3 is 0 Å². The lowest BCUT2D eigenvalue weighted by molar-refractivity contribution is -0.113. The van der Waals surface area contributed by atoms with Gasteiger partial charge in [0.1, 0.15) is 0 Å². The number of amides is 1. The summed E-state index contributed by atoms with van der Waals surface area (Å²) in [7, 11) is -3.19. The first-order valence-electron chi connectivity index (χ1n) is 3.59. The maximum absolute atomic E-state index is 10.2. The number of nitrogens with two attached hydrogens (primary N) is 1. The molecule has 5 nitrogen and oxygen atoms in total. The topological polar surface area (TPSA) is 86.5 Å². The number of hydrogen-bond acceptors (Lipinski definition) is 4. The summed E-state index contributed by atoms with van der Waals surface area (Å²) in [5.41, 5.74) is 4.53. The largest absolute Gasteiger partial charge is 0.366 e. The van der Waals surface area contributed by atoms with Gasteiger partial charge in [0.25, 0.3) is 10.1 Å². The molecular formula is C7H15NO4S. The molecule has 0 aromatic heterocycles. The summed E-state index contributed by atoms with van der Waals surface area (Å²) in [6, 6.07) is 0. The quantitative estimate of drug-likeness (QED) is 0.522. The molecule has 0 aliphatic heterocycles. The smallest absolute Gasteiger partial charge is 0.264 e. The number of carbonyl (C=O) groups is 1. The van der Waals surface area contributed by atoms with Crippen molar-refractivity contribution in [3.8, 4) is 0 Å². The Labute approximate surface area is 78.7 Å². The molecule has 78 valence electrons. The molecule has 0 atom stereocenters. The number of rotatable bonds is 4. The van der Waals surface area contributed by atoms with E-state index in [1.165, 1.54) is 0 Å². The van der Waals surface area contributed by atoms with Gasteiger partial charge in [-0.25, -0.2) is 0 Å². The third-order valence-electron chi connectivity index (χ3n) is 0.703. The van der Waals surface area contributed by atoms with E-state index >= 15 is 0 Å². The Kier molecular flexibility index (Phi) is 8.73. The van der Waals surface area contributed by atoms with Crippen molar-refractivity contribution in [3.05, 3.63) is 12.7 Å². The minimum absolute atomic E-state index is 0.291. The van der Waals surface area contributed by atoms with Crippen molar-refractivity contribution in [1.82, 2.24) is 0 Å². The van der Waals surface area contributed by atoms with E-state index in [0.29, 0.717) is 6.61 Å². The first-order chi connectivity index (χ1) is 5.83. The average Bonchev–Trinajstić information content (AvgIpc) is 2.00. The highest BCUT2D eigenvalue weighted by Crippen LogP contribution is 1.86. The number of hydrogen-bond donors (Lipinski definition) is 1. The van der Waals surface area contributed by atoms with Crippen LogP contribution in [-0.2, 0) is 19.1 Å². The maximum atomic E-state index is 10.2. The van der Waals surface area contributed by atoms with Crippen LogP contribution in [0, 0.1) is 0 Å². The predicted octanol–water partition coefficient (Wildman–Crippen LogP) is 0.0303. The molecule has 1 amide bonds. The van der Waals surface area contributed by atoms with Crippen LogP contribution >= 0.6 is 0 Å². The van der Waals surface area contributed by atoms with E-state index < -0.39 is 16.0 Å². The Morgan fingerprint density at radius 1 is 1.62 bits per heavy atom. The fraction of sp³-hybridized carbons (Fsp3) is 0.571. The molecule has 0 bridgehead atoms. The molecule has 0 saturated heterocycles. The first kappa shape index (κ1) is 14.6. The molecule has 0 fully saturated rings. The molecule has 13 heavy (non-hydrogen) atoms. The van der Waals surface area contributed by atoms with Gasteiger partial charge in [-0.2, -0.15) is 8.42 Å². The molecule has 6 heteroatoms. The van der Waals surface area contributed by atoms with Crippen LogP contribution in [0.1, 0.15) is 13.3 Å². The van der Waals surface area contributed by atoms with E-state index in [2.05, 4.69) is 16.5 Å². The molecule has 0 aromatic carbocycles. The SMILES string of the molecule is C=CC(N)=O.CCCOS(C)(=O)=O. The van der Waals surface area contributed by atoms with Crippen LogP contribution in [0.2, 0.25) is 0 Å². The highest BCUT2D eigenvalue weighted by atomic mass is 32.2. The number of primary amides is 1. The molecule has 0 unspecified atom stereocenters. The van der Waals surface area contributed by atoms with Gasteiger partial charge < -0.3 is 5.73 Å². The van der Waals surface area contributed by atoms with Gasteiger partial charge in [-0.15, -0.1) is 0 Å². The zero-order valence-corrected chi connectivity index (χ0v) is 8.63. The van der Waals surface area contributed by atoms with Crippen molar-refractivity contribution in [2.24, 2.45) is 5.73 Å². The Hall–Kier alpha value is -0.880. The van der Waals surface area contributed by atoms with Crippen molar-refractivity contribution in [1.29, 1.82) is 0 Å². The Morgan fingerprint density at radius 2 is 2.00 bits per heavy atom. The Balaban J connectivity index is 0. The van der Waals surface area contributed by atoms with Crippen LogP contribution in [0.4, 0.5) is 0 Å². The van der Waals surface area contributed by atoms with Gasteiger partial charge in [-0.3, -0.25) is 8.98 Å². The van der Waals surface area contributed by atoms with Gasteiger partial charge in [-0.1, -0.05) is 13.5 Å². The Bertz CT molecular complexity index is 245. The van der Waals surface area contributed by atoms with Crippen LogP contribution < -0.4 is 5.73 Å². The van der Waals surface area contributed by atoms with E-state index in [4.69, 9.17) is 0 Å². The summed E-state index contributed by atoms with van der Waals surface area (Å²) >= 11 is 0. The van der Waals surface area contributed by atoms with Crippen LogP contribution in [0.3, 0.4) is 0 Å². The van der Waals surface area contributed by atoms with Gasteiger partial charge in [0.2, 0.25) is 5.91 Å². The van der Waals surface area contributed by atoms with E-state index in [-0.39, 0.29) is 0 Å². The highest BCUT2D eigenvalue weighted by molar-refractivity contribution is 7.85. The molecule has 0 rings (SSSR count). The van der Waals surface area contributed by atoms with Gasteiger partial charge in [0.05, 0.1) is 12.9 Å². The zero-order valence-electron chi connectivity index (χ0n) is 7.82. The maximum Gasteiger partial charge on any atom is 0.264 e. The Morgan fingerprint density at radius 3 is 2.08 bits per heavy atom. The molecule has 0 radical (unpaired) electrons. The van der Waals surface area contributed by atoms with Gasteiger partial charge in [-0.05, 0) is 12.5 Å². The van der Waals surface area contributed by atoms with Crippen molar-refractivity contribution in [3.63, 3.8) is 0 Å². The fourth-order valence-electron chi connectivity index (χ4n) is 0.235. The third-order valence-corrected chi connectivity index (χ3v) is 1.30. The summed E-state index contributed by atoms with van der Waals surface area (Å²) in [5.74, 6) is -0.481. The lowest BCUT2D eigenvalue weighted by Crippen LogP contribution is -2.04. The predicted molar refractivity (Wildman–Crippen MR) is 50.5 cm³/mol. The number of carbonyl (C=O) groups excluding carboxylic acids is 1.